The van der Waals surface area contributed by atoms with Crippen LogP contribution < -0.4 is 47.5 Å². The molecule has 0 aliphatic carbocycles. The molecule has 3 aromatic carbocycles. The average Bonchev–Trinajstić information content (AvgIpc) is 3.63. The molecule has 0 saturated carbocycles. The number of nitrogens with one attached hydrogen (secondary N) is 1. The van der Waals surface area contributed by atoms with Crippen molar-refractivity contribution in [3.05, 3.63) is 77.1 Å². The number of methoxy groups -OCH3 is 2. The SMILES string of the molecule is CCOC(=O)c1ccc2[nH]cc(CCc3c4[n+](cc5c(OC)c(OC)ccc35)CCc3cc5c(cc3-4)OCO5)c2c1.[I-]. The summed E-state index contributed by atoms with van der Waals surface area (Å²) in [5.41, 5.74) is 7.50. The van der Waals surface area contributed by atoms with Crippen molar-refractivity contribution in [1.82, 2.24) is 4.98 Å². The number of nitrogens with zero attached hydrogens (tertiary/aromatic N) is 1. The minimum atomic E-state index is -0.308. The van der Waals surface area contributed by atoms with Crippen LogP contribution in [0.15, 0.2) is 54.9 Å². The maximum atomic E-state index is 12.4. The number of fused-ring (bicyclic) bond motifs is 6. The number of carbonyl (C=O) groups is 1. The minimum Gasteiger partial charge on any atom is -1.00 e. The number of rotatable bonds is 7. The van der Waals surface area contributed by atoms with Crippen LogP contribution in [-0.4, -0.2) is 38.6 Å². The summed E-state index contributed by atoms with van der Waals surface area (Å²) in [6.07, 6.45) is 6.65. The quantitative estimate of drug-likeness (QED) is 0.162. The lowest BCUT2D eigenvalue weighted by Crippen LogP contribution is -3.00. The number of aromatic nitrogens is 2. The molecule has 7 rings (SSSR count). The Kier molecular flexibility index (Phi) is 7.61. The van der Waals surface area contributed by atoms with E-state index in [2.05, 4.69) is 33.9 Å². The van der Waals surface area contributed by atoms with Gasteiger partial charge in [0.05, 0.1) is 37.3 Å². The Morgan fingerprint density at radius 2 is 1.81 bits per heavy atom. The second kappa shape index (κ2) is 11.4. The highest BCUT2D eigenvalue weighted by molar-refractivity contribution is 5.97. The fourth-order valence-electron chi connectivity index (χ4n) is 6.25. The van der Waals surface area contributed by atoms with Crippen LogP contribution in [0.3, 0.4) is 0 Å². The smallest absolute Gasteiger partial charge is 0.338 e. The van der Waals surface area contributed by atoms with Crippen LogP contribution in [-0.2, 0) is 30.5 Å². The first-order valence-corrected chi connectivity index (χ1v) is 13.9. The van der Waals surface area contributed by atoms with E-state index in [9.17, 15) is 4.79 Å². The highest BCUT2D eigenvalue weighted by atomic mass is 127. The highest BCUT2D eigenvalue weighted by Gasteiger charge is 2.32. The van der Waals surface area contributed by atoms with E-state index in [0.29, 0.717) is 17.9 Å². The molecule has 0 unspecified atom stereocenters. The van der Waals surface area contributed by atoms with Crippen molar-refractivity contribution in [2.24, 2.45) is 0 Å². The fourth-order valence-corrected chi connectivity index (χ4v) is 6.25. The third kappa shape index (κ3) is 4.59. The van der Waals surface area contributed by atoms with Gasteiger partial charge in [-0.2, -0.15) is 4.57 Å². The molecule has 2 aliphatic rings. The predicted molar refractivity (Wildman–Crippen MR) is 154 cm³/mol. The molecule has 5 aromatic rings. The third-order valence-electron chi connectivity index (χ3n) is 8.17. The van der Waals surface area contributed by atoms with Gasteiger partial charge in [-0.05, 0) is 73.4 Å². The van der Waals surface area contributed by atoms with Crippen molar-refractivity contribution in [2.45, 2.75) is 32.7 Å². The normalized spacial score (nSPS) is 12.9. The van der Waals surface area contributed by atoms with Gasteiger partial charge in [-0.1, -0.05) is 0 Å². The monoisotopic (exact) mass is 678 g/mol. The lowest BCUT2D eigenvalue weighted by molar-refractivity contribution is -0.686. The standard InChI is InChI=1S/C33H30N2O6.HI/c1-4-39-33(36)20-6-9-27-24(13-20)21(16-34-27)5-7-23-22-8-10-28(37-2)32(38-3)26(22)17-35-12-11-19-14-29-30(41-18-40-29)15-25(19)31(23)35;/h6,8-10,13-17H,4-5,7,11-12,18H2,1-3H3;1H. The second-order valence-corrected chi connectivity index (χ2v) is 10.3. The molecule has 2 aromatic heterocycles. The van der Waals surface area contributed by atoms with Crippen LogP contribution in [0.1, 0.15) is 34.0 Å². The first-order chi connectivity index (χ1) is 20.1. The number of pyridine rings is 1. The predicted octanol–water partition coefficient (Wildman–Crippen LogP) is 2.54. The van der Waals surface area contributed by atoms with Gasteiger partial charge < -0.3 is 52.6 Å². The van der Waals surface area contributed by atoms with Crippen molar-refractivity contribution in [2.75, 3.05) is 27.6 Å². The number of halogens is 1. The number of benzene rings is 3. The van der Waals surface area contributed by atoms with Gasteiger partial charge in [-0.25, -0.2) is 4.79 Å². The van der Waals surface area contributed by atoms with Crippen molar-refractivity contribution in [3.63, 3.8) is 0 Å². The molecule has 0 saturated heterocycles. The summed E-state index contributed by atoms with van der Waals surface area (Å²) in [6, 6.07) is 14.0. The van der Waals surface area contributed by atoms with E-state index in [0.717, 1.165) is 75.9 Å². The number of hydrogen-bond acceptors (Lipinski definition) is 6. The molecule has 8 nitrogen and oxygen atoms in total. The Bertz CT molecular complexity index is 1850. The molecule has 42 heavy (non-hydrogen) atoms. The van der Waals surface area contributed by atoms with Crippen LogP contribution in [0.2, 0.25) is 0 Å². The van der Waals surface area contributed by atoms with Crippen molar-refractivity contribution >= 4 is 27.6 Å². The van der Waals surface area contributed by atoms with Crippen LogP contribution in [0.25, 0.3) is 32.9 Å². The number of aromatic amines is 1. The fraction of sp³-hybridized carbons (Fsp3) is 0.273. The minimum absolute atomic E-state index is 0. The maximum absolute atomic E-state index is 12.4. The van der Waals surface area contributed by atoms with E-state index in [4.69, 9.17) is 23.7 Å². The third-order valence-corrected chi connectivity index (χ3v) is 8.17. The average molecular weight is 679 g/mol. The van der Waals surface area contributed by atoms with Gasteiger partial charge in [0.15, 0.2) is 35.7 Å². The topological polar surface area (TPSA) is 82.9 Å². The number of aryl methyl sites for hydroxylation is 4. The Morgan fingerprint density at radius 3 is 2.60 bits per heavy atom. The van der Waals surface area contributed by atoms with Crippen molar-refractivity contribution < 1.29 is 57.0 Å². The first kappa shape index (κ1) is 28.1. The molecular weight excluding hydrogens is 647 g/mol. The summed E-state index contributed by atoms with van der Waals surface area (Å²) in [7, 11) is 3.35. The molecule has 0 spiro atoms. The second-order valence-electron chi connectivity index (χ2n) is 10.3. The number of H-pyrrole nitrogens is 1. The number of hydrogen-bond donors (Lipinski definition) is 1. The summed E-state index contributed by atoms with van der Waals surface area (Å²) in [5.74, 6) is 2.71. The van der Waals surface area contributed by atoms with Gasteiger partial charge in [0.25, 0.3) is 0 Å². The first-order valence-electron chi connectivity index (χ1n) is 13.9. The molecule has 0 radical (unpaired) electrons. The summed E-state index contributed by atoms with van der Waals surface area (Å²) >= 11 is 0. The van der Waals surface area contributed by atoms with E-state index >= 15 is 0 Å². The number of ether oxygens (including phenoxy) is 5. The van der Waals surface area contributed by atoms with E-state index in [1.807, 2.05) is 31.3 Å². The summed E-state index contributed by atoms with van der Waals surface area (Å²) in [5, 5.41) is 3.16. The molecule has 4 heterocycles. The molecule has 0 bridgehead atoms. The Morgan fingerprint density at radius 1 is 0.976 bits per heavy atom. The molecule has 0 atom stereocenters. The maximum Gasteiger partial charge on any atom is 0.338 e. The van der Waals surface area contributed by atoms with Gasteiger partial charge in [-0.15, -0.1) is 0 Å². The zero-order valence-electron chi connectivity index (χ0n) is 23.7. The van der Waals surface area contributed by atoms with Gasteiger partial charge >= 0.3 is 5.97 Å². The van der Waals surface area contributed by atoms with E-state index in [1.165, 1.54) is 16.8 Å². The van der Waals surface area contributed by atoms with Crippen LogP contribution in [0.5, 0.6) is 23.0 Å². The zero-order chi connectivity index (χ0) is 28.1. The molecule has 9 heteroatoms. The number of carbonyl (C=O) groups excluding carboxylic acids is 1. The molecule has 1 N–H and O–H groups in total. The Labute approximate surface area is 260 Å². The largest absolute Gasteiger partial charge is 1.00 e. The molecule has 0 fully saturated rings. The molecule has 2 aliphatic heterocycles. The number of esters is 1. The lowest BCUT2D eigenvalue weighted by Gasteiger charge is -2.21. The van der Waals surface area contributed by atoms with E-state index in [-0.39, 0.29) is 36.7 Å². The van der Waals surface area contributed by atoms with Crippen LogP contribution >= 0.6 is 0 Å². The lowest BCUT2D eigenvalue weighted by atomic mass is 9.88. The van der Waals surface area contributed by atoms with Crippen molar-refractivity contribution in [3.8, 4) is 34.3 Å². The zero-order valence-corrected chi connectivity index (χ0v) is 25.9. The summed E-state index contributed by atoms with van der Waals surface area (Å²) < 4.78 is 30.6. The van der Waals surface area contributed by atoms with Gasteiger partial charge in [0.2, 0.25) is 12.5 Å². The van der Waals surface area contributed by atoms with Gasteiger partial charge in [0, 0.05) is 34.5 Å². The van der Waals surface area contributed by atoms with Gasteiger partial charge in [0.1, 0.15) is 0 Å². The van der Waals surface area contributed by atoms with Crippen LogP contribution in [0, 0.1) is 0 Å². The molecule has 216 valence electrons. The highest BCUT2D eigenvalue weighted by Crippen LogP contribution is 2.44. The molecular formula is C33H31IN2O6. The van der Waals surface area contributed by atoms with Gasteiger partial charge in [-0.3, -0.25) is 0 Å². The van der Waals surface area contributed by atoms with E-state index < -0.39 is 0 Å². The molecule has 0 amide bonds. The summed E-state index contributed by atoms with van der Waals surface area (Å²) in [4.78, 5) is 15.8. The summed E-state index contributed by atoms with van der Waals surface area (Å²) in [6.45, 7) is 3.24. The van der Waals surface area contributed by atoms with E-state index in [1.54, 1.807) is 20.3 Å². The Balaban J connectivity index is 0.00000316. The van der Waals surface area contributed by atoms with Crippen LogP contribution in [0.4, 0.5) is 0 Å². The Hall–Kier alpha value is -3.99. The van der Waals surface area contributed by atoms with Crippen molar-refractivity contribution in [1.29, 1.82) is 0 Å².